The smallest absolute Gasteiger partial charge is 0.264 e. The first-order valence-electron chi connectivity index (χ1n) is 9.04. The molecule has 26 heavy (non-hydrogen) atoms. The molecule has 0 bridgehead atoms. The molecule has 0 unspecified atom stereocenters. The molecular formula is C20H25N3O2S. The van der Waals surface area contributed by atoms with Crippen molar-refractivity contribution in [2.75, 3.05) is 39.3 Å². The number of benzene rings is 1. The monoisotopic (exact) mass is 371 g/mol. The van der Waals surface area contributed by atoms with E-state index in [0.29, 0.717) is 32.7 Å². The van der Waals surface area contributed by atoms with Gasteiger partial charge in [-0.25, -0.2) is 0 Å². The van der Waals surface area contributed by atoms with Crippen molar-refractivity contribution in [3.05, 3.63) is 58.3 Å². The van der Waals surface area contributed by atoms with Crippen LogP contribution in [0.2, 0.25) is 0 Å². The summed E-state index contributed by atoms with van der Waals surface area (Å²) in [6.45, 7) is 6.61. The molecule has 1 aromatic carbocycles. The molecule has 5 nitrogen and oxygen atoms in total. The van der Waals surface area contributed by atoms with Crippen molar-refractivity contribution < 1.29 is 9.59 Å². The van der Waals surface area contributed by atoms with Crippen LogP contribution in [0.3, 0.4) is 0 Å². The average Bonchev–Trinajstić information content (AvgIpc) is 3.21. The van der Waals surface area contributed by atoms with E-state index in [1.165, 1.54) is 11.3 Å². The van der Waals surface area contributed by atoms with Crippen LogP contribution in [0.25, 0.3) is 0 Å². The fourth-order valence-electron chi connectivity index (χ4n) is 3.14. The van der Waals surface area contributed by atoms with Gasteiger partial charge in [0.05, 0.1) is 11.4 Å². The summed E-state index contributed by atoms with van der Waals surface area (Å²) in [5, 5.41) is 1.92. The lowest BCUT2D eigenvalue weighted by molar-refractivity contribution is -0.133. The molecular weight excluding hydrogens is 346 g/mol. The molecule has 0 spiro atoms. The highest BCUT2D eigenvalue weighted by molar-refractivity contribution is 7.12. The summed E-state index contributed by atoms with van der Waals surface area (Å²) >= 11 is 1.48. The Kier molecular flexibility index (Phi) is 6.41. The maximum Gasteiger partial charge on any atom is 0.264 e. The highest BCUT2D eigenvalue weighted by Crippen LogP contribution is 2.14. The number of hydrogen-bond donors (Lipinski definition) is 0. The van der Waals surface area contributed by atoms with Gasteiger partial charge in [-0.2, -0.15) is 0 Å². The molecule has 2 aromatic rings. The number of hydrogen-bond acceptors (Lipinski definition) is 4. The fraction of sp³-hybridized carbons (Fsp3) is 0.400. The lowest BCUT2D eigenvalue weighted by Crippen LogP contribution is -2.51. The van der Waals surface area contributed by atoms with Gasteiger partial charge < -0.3 is 9.80 Å². The van der Waals surface area contributed by atoms with Crippen molar-refractivity contribution >= 4 is 23.2 Å². The van der Waals surface area contributed by atoms with E-state index in [1.807, 2.05) is 64.6 Å². The van der Waals surface area contributed by atoms with Gasteiger partial charge in [-0.1, -0.05) is 36.4 Å². The predicted molar refractivity (Wildman–Crippen MR) is 104 cm³/mol. The Morgan fingerprint density at radius 3 is 2.38 bits per heavy atom. The third-order valence-electron chi connectivity index (χ3n) is 4.70. The van der Waals surface area contributed by atoms with Crippen molar-refractivity contribution in [3.8, 4) is 0 Å². The Labute approximate surface area is 158 Å². The van der Waals surface area contributed by atoms with Crippen molar-refractivity contribution in [1.29, 1.82) is 0 Å². The highest BCUT2D eigenvalue weighted by atomic mass is 32.1. The zero-order chi connectivity index (χ0) is 18.4. The molecule has 1 fully saturated rings. The van der Waals surface area contributed by atoms with E-state index in [9.17, 15) is 9.59 Å². The number of carbonyl (C=O) groups is 2. The molecule has 1 aliphatic rings. The van der Waals surface area contributed by atoms with Gasteiger partial charge in [-0.15, -0.1) is 11.3 Å². The second-order valence-electron chi connectivity index (χ2n) is 6.44. The third kappa shape index (κ3) is 4.71. The van der Waals surface area contributed by atoms with Gasteiger partial charge in [0.1, 0.15) is 0 Å². The Morgan fingerprint density at radius 2 is 1.77 bits per heavy atom. The van der Waals surface area contributed by atoms with E-state index < -0.39 is 0 Å². The maximum atomic E-state index is 12.7. The summed E-state index contributed by atoms with van der Waals surface area (Å²) in [5.74, 6) is 0.250. The molecule has 2 heterocycles. The van der Waals surface area contributed by atoms with E-state index in [-0.39, 0.29) is 11.8 Å². The minimum Gasteiger partial charge on any atom is -0.338 e. The SMILES string of the molecule is CCN(Cc1ccccc1)C(=O)CN1CCN(C(=O)c2cccs2)CC1. The molecule has 0 radical (unpaired) electrons. The summed E-state index contributed by atoms with van der Waals surface area (Å²) in [6, 6.07) is 13.8. The van der Waals surface area contributed by atoms with Gasteiger partial charge in [0, 0.05) is 39.3 Å². The van der Waals surface area contributed by atoms with Gasteiger partial charge in [0.15, 0.2) is 0 Å². The molecule has 1 saturated heterocycles. The van der Waals surface area contributed by atoms with E-state index in [4.69, 9.17) is 0 Å². The van der Waals surface area contributed by atoms with Gasteiger partial charge in [-0.3, -0.25) is 14.5 Å². The minimum atomic E-state index is 0.102. The van der Waals surface area contributed by atoms with Crippen LogP contribution in [-0.4, -0.2) is 65.8 Å². The predicted octanol–water partition coefficient (Wildman–Crippen LogP) is 2.55. The molecule has 1 aromatic heterocycles. The van der Waals surface area contributed by atoms with Crippen LogP contribution < -0.4 is 0 Å². The van der Waals surface area contributed by atoms with Crippen LogP contribution in [0, 0.1) is 0 Å². The quantitative estimate of drug-likeness (QED) is 0.784. The molecule has 3 rings (SSSR count). The summed E-state index contributed by atoms with van der Waals surface area (Å²) in [5.41, 5.74) is 1.15. The maximum absolute atomic E-state index is 12.7. The summed E-state index contributed by atoms with van der Waals surface area (Å²) < 4.78 is 0. The Hall–Kier alpha value is -2.18. The molecule has 0 saturated carbocycles. The topological polar surface area (TPSA) is 43.9 Å². The van der Waals surface area contributed by atoms with Crippen molar-refractivity contribution in [2.24, 2.45) is 0 Å². The molecule has 0 atom stereocenters. The molecule has 1 aliphatic heterocycles. The van der Waals surface area contributed by atoms with Crippen LogP contribution in [0.15, 0.2) is 47.8 Å². The number of nitrogens with zero attached hydrogens (tertiary/aromatic N) is 3. The van der Waals surface area contributed by atoms with E-state index in [2.05, 4.69) is 4.90 Å². The number of amides is 2. The zero-order valence-corrected chi connectivity index (χ0v) is 16.0. The second-order valence-corrected chi connectivity index (χ2v) is 7.39. The van der Waals surface area contributed by atoms with Gasteiger partial charge in [0.25, 0.3) is 5.91 Å². The molecule has 138 valence electrons. The number of piperazine rings is 1. The fourth-order valence-corrected chi connectivity index (χ4v) is 3.83. The van der Waals surface area contributed by atoms with Gasteiger partial charge in [0.2, 0.25) is 5.91 Å². The Balaban J connectivity index is 1.48. The Bertz CT molecular complexity index is 710. The van der Waals surface area contributed by atoms with Crippen molar-refractivity contribution in [3.63, 3.8) is 0 Å². The molecule has 6 heteroatoms. The van der Waals surface area contributed by atoms with Crippen molar-refractivity contribution in [1.82, 2.24) is 14.7 Å². The lowest BCUT2D eigenvalue weighted by Gasteiger charge is -2.35. The zero-order valence-electron chi connectivity index (χ0n) is 15.1. The van der Waals surface area contributed by atoms with E-state index in [0.717, 1.165) is 23.5 Å². The van der Waals surface area contributed by atoms with Crippen LogP contribution >= 0.6 is 11.3 Å². The number of rotatable bonds is 6. The number of likely N-dealkylation sites (N-methyl/N-ethyl adjacent to an activating group) is 1. The lowest BCUT2D eigenvalue weighted by atomic mass is 10.2. The van der Waals surface area contributed by atoms with Crippen LogP contribution in [0.5, 0.6) is 0 Å². The minimum absolute atomic E-state index is 0.102. The largest absolute Gasteiger partial charge is 0.338 e. The summed E-state index contributed by atoms with van der Waals surface area (Å²) in [7, 11) is 0. The van der Waals surface area contributed by atoms with Crippen LogP contribution in [0.4, 0.5) is 0 Å². The Morgan fingerprint density at radius 1 is 1.04 bits per heavy atom. The number of carbonyl (C=O) groups excluding carboxylic acids is 2. The van der Waals surface area contributed by atoms with Crippen LogP contribution in [0.1, 0.15) is 22.2 Å². The van der Waals surface area contributed by atoms with Crippen molar-refractivity contribution in [2.45, 2.75) is 13.5 Å². The summed E-state index contributed by atoms with van der Waals surface area (Å²) in [4.78, 5) is 31.7. The normalized spacial score (nSPS) is 15.0. The second kappa shape index (κ2) is 8.96. The highest BCUT2D eigenvalue weighted by Gasteiger charge is 2.24. The standard InChI is InChI=1S/C20H25N3O2S/c1-2-22(15-17-7-4-3-5-8-17)19(24)16-21-10-12-23(13-11-21)20(25)18-9-6-14-26-18/h3-9,14H,2,10-13,15-16H2,1H3. The average molecular weight is 372 g/mol. The molecule has 0 N–H and O–H groups in total. The van der Waals surface area contributed by atoms with Gasteiger partial charge in [-0.05, 0) is 23.9 Å². The van der Waals surface area contributed by atoms with Crippen LogP contribution in [-0.2, 0) is 11.3 Å². The third-order valence-corrected chi connectivity index (χ3v) is 5.56. The molecule has 2 amide bonds. The first-order valence-corrected chi connectivity index (χ1v) is 9.92. The van der Waals surface area contributed by atoms with E-state index >= 15 is 0 Å². The first kappa shape index (κ1) is 18.6. The first-order chi connectivity index (χ1) is 12.7. The molecule has 0 aliphatic carbocycles. The van der Waals surface area contributed by atoms with E-state index in [1.54, 1.807) is 0 Å². The summed E-state index contributed by atoms with van der Waals surface area (Å²) in [6.07, 6.45) is 0. The van der Waals surface area contributed by atoms with Gasteiger partial charge >= 0.3 is 0 Å². The number of thiophene rings is 1.